The number of carbonyl (C=O) groups excluding carboxylic acids is 10. The molecule has 2 saturated heterocycles. The number of esters is 3. The SMILES string of the molecule is CC(=O)O[C@@H]1[C@@H](NC(=O)OCC(Cl)(Cl)Cl)[C@H](NC(=O)N[C@H]2[C@H](OC(=O)c3ccccc3)[C@@H](N=C(NC(=O)OC(C)(C)C)NC(=O)OC(C)(C)C)[C@@H](Oc3ccc(/C=C/C(=O)NCCCN(CCCCNC(=O)OC(C)(C)C)C(=O)OC(C)(C)C)cc3)O[C@@H]2C)OC[C@H]1OC(C)=O. The van der Waals surface area contributed by atoms with Crippen molar-refractivity contribution in [3.05, 3.63) is 71.8 Å². The zero-order valence-electron chi connectivity index (χ0n) is 56.5. The predicted octanol–water partition coefficient (Wildman–Crippen LogP) is 8.22. The minimum absolute atomic E-state index is 0.0286. The number of benzene rings is 2. The normalized spacial score (nSPS) is 20.5. The molecule has 96 heavy (non-hydrogen) atoms. The molecule has 33 heteroatoms. The van der Waals surface area contributed by atoms with Crippen molar-refractivity contribution in [2.45, 2.75) is 204 Å². The lowest BCUT2D eigenvalue weighted by molar-refractivity contribution is -0.197. The second-order valence-corrected chi connectivity index (χ2v) is 28.4. The predicted molar refractivity (Wildman–Crippen MR) is 350 cm³/mol. The summed E-state index contributed by atoms with van der Waals surface area (Å²) in [7, 11) is 0. The fraction of sp³-hybridized carbons (Fsp3) is 0.603. The molecule has 2 heterocycles. The van der Waals surface area contributed by atoms with Crippen molar-refractivity contribution in [3.8, 4) is 5.75 Å². The van der Waals surface area contributed by atoms with Gasteiger partial charge >= 0.3 is 54.4 Å². The molecule has 9 atom stereocenters. The van der Waals surface area contributed by atoms with Gasteiger partial charge in [-0.25, -0.2) is 38.6 Å². The van der Waals surface area contributed by atoms with Crippen LogP contribution in [-0.4, -0.2) is 192 Å². The number of hydrogen-bond acceptors (Lipinski definition) is 22. The number of unbranched alkanes of at least 4 members (excludes halogenated alkanes) is 1. The summed E-state index contributed by atoms with van der Waals surface area (Å²) in [5.74, 6) is -3.65. The van der Waals surface area contributed by atoms with Gasteiger partial charge in [-0.15, -0.1) is 0 Å². The number of amides is 8. The fourth-order valence-corrected chi connectivity index (χ4v) is 9.01. The molecule has 0 unspecified atom stereocenters. The molecular weight excluding hydrogens is 1330 g/mol. The van der Waals surface area contributed by atoms with Crippen LogP contribution in [-0.2, 0) is 61.8 Å². The molecule has 8 amide bonds. The minimum Gasteiger partial charge on any atom is -0.462 e. The third-order valence-corrected chi connectivity index (χ3v) is 12.9. The number of guanidine groups is 1. The number of carbonyl (C=O) groups is 10. The highest BCUT2D eigenvalue weighted by atomic mass is 35.6. The highest BCUT2D eigenvalue weighted by Gasteiger charge is 2.51. The zero-order chi connectivity index (χ0) is 71.9. The summed E-state index contributed by atoms with van der Waals surface area (Å²) in [6, 6.07) is 8.01. The van der Waals surface area contributed by atoms with Crippen LogP contribution >= 0.6 is 34.8 Å². The molecule has 30 nitrogen and oxygen atoms in total. The Hall–Kier alpha value is -8.06. The first-order valence-corrected chi connectivity index (χ1v) is 31.8. The summed E-state index contributed by atoms with van der Waals surface area (Å²) in [6.45, 7) is 23.5. The van der Waals surface area contributed by atoms with Crippen molar-refractivity contribution in [1.82, 2.24) is 42.1 Å². The molecule has 0 spiro atoms. The van der Waals surface area contributed by atoms with E-state index in [4.69, 9.17) is 91.9 Å². The van der Waals surface area contributed by atoms with Crippen LogP contribution in [0.3, 0.4) is 0 Å². The van der Waals surface area contributed by atoms with E-state index in [2.05, 4.69) is 37.2 Å². The lowest BCUT2D eigenvalue weighted by Gasteiger charge is -2.44. The van der Waals surface area contributed by atoms with Gasteiger partial charge < -0.3 is 83.6 Å². The maximum atomic E-state index is 14.6. The van der Waals surface area contributed by atoms with Gasteiger partial charge in [0.05, 0.1) is 24.3 Å². The Bertz CT molecular complexity index is 3010. The molecule has 0 bridgehead atoms. The van der Waals surface area contributed by atoms with E-state index in [0.29, 0.717) is 37.9 Å². The maximum absolute atomic E-state index is 14.6. The molecule has 2 aromatic rings. The van der Waals surface area contributed by atoms with Crippen LogP contribution in [0, 0.1) is 0 Å². The van der Waals surface area contributed by atoms with Gasteiger partial charge in [0.25, 0.3) is 0 Å². The minimum atomic E-state index is -2.07. The maximum Gasteiger partial charge on any atom is 0.414 e. The molecule has 2 aliphatic heterocycles. The first-order valence-electron chi connectivity index (χ1n) is 30.7. The number of urea groups is 1. The van der Waals surface area contributed by atoms with E-state index in [1.807, 2.05) is 0 Å². The summed E-state index contributed by atoms with van der Waals surface area (Å²) in [6.07, 6.45) is -9.30. The van der Waals surface area contributed by atoms with Crippen molar-refractivity contribution in [1.29, 1.82) is 0 Å². The quantitative estimate of drug-likeness (QED) is 0.0111. The van der Waals surface area contributed by atoms with Gasteiger partial charge in [-0.05, 0) is 145 Å². The van der Waals surface area contributed by atoms with Crippen LogP contribution in [0.2, 0.25) is 0 Å². The average molecular weight is 1420 g/mol. The smallest absolute Gasteiger partial charge is 0.414 e. The molecule has 7 N–H and O–H groups in total. The summed E-state index contributed by atoms with van der Waals surface area (Å²) >= 11 is 17.4. The van der Waals surface area contributed by atoms with Gasteiger partial charge in [-0.3, -0.25) is 25.0 Å². The second-order valence-electron chi connectivity index (χ2n) is 25.9. The number of alkyl carbamates (subject to hydrolysis) is 4. The Balaban J connectivity index is 1.70. The zero-order valence-corrected chi connectivity index (χ0v) is 58.8. The van der Waals surface area contributed by atoms with E-state index in [9.17, 15) is 47.9 Å². The van der Waals surface area contributed by atoms with Crippen molar-refractivity contribution in [2.75, 3.05) is 39.4 Å². The van der Waals surface area contributed by atoms with Crippen LogP contribution in [0.15, 0.2) is 65.7 Å². The second kappa shape index (κ2) is 36.3. The van der Waals surface area contributed by atoms with Gasteiger partial charge in [-0.1, -0.05) is 65.1 Å². The summed E-state index contributed by atoms with van der Waals surface area (Å²) in [4.78, 5) is 139. The van der Waals surface area contributed by atoms with E-state index >= 15 is 0 Å². The number of rotatable bonds is 22. The van der Waals surface area contributed by atoms with Gasteiger partial charge in [0, 0.05) is 46.1 Å². The number of ether oxygens (including phenoxy) is 11. The third kappa shape index (κ3) is 31.2. The molecule has 0 aliphatic carbocycles. The lowest BCUT2D eigenvalue weighted by Crippen LogP contribution is -2.69. The molecule has 4 rings (SSSR count). The number of nitrogens with one attached hydrogen (secondary N) is 7. The lowest BCUT2D eigenvalue weighted by atomic mass is 9.94. The number of nitrogens with zero attached hydrogens (tertiary/aromatic N) is 2. The van der Waals surface area contributed by atoms with Crippen LogP contribution in [0.1, 0.15) is 139 Å². The topological polar surface area (TPSA) is 372 Å². The van der Waals surface area contributed by atoms with E-state index in [1.54, 1.807) is 118 Å². The fourth-order valence-electron chi connectivity index (χ4n) is 8.85. The molecule has 0 aromatic heterocycles. The monoisotopic (exact) mass is 1410 g/mol. The van der Waals surface area contributed by atoms with E-state index in [1.165, 1.54) is 43.3 Å². The summed E-state index contributed by atoms with van der Waals surface area (Å²) in [5.41, 5.74) is -3.01. The van der Waals surface area contributed by atoms with Crippen LogP contribution in [0.25, 0.3) is 6.08 Å². The van der Waals surface area contributed by atoms with Crippen molar-refractivity contribution in [2.24, 2.45) is 4.99 Å². The van der Waals surface area contributed by atoms with Gasteiger partial charge in [0.2, 0.25) is 21.9 Å². The van der Waals surface area contributed by atoms with Crippen LogP contribution in [0.4, 0.5) is 28.8 Å². The number of hydrogen-bond donors (Lipinski definition) is 7. The molecule has 534 valence electrons. The van der Waals surface area contributed by atoms with Crippen molar-refractivity contribution in [3.63, 3.8) is 0 Å². The van der Waals surface area contributed by atoms with Gasteiger partial charge in [0.15, 0.2) is 30.6 Å². The highest BCUT2D eigenvalue weighted by molar-refractivity contribution is 6.67. The summed E-state index contributed by atoms with van der Waals surface area (Å²) < 4.78 is 60.9. The Morgan fingerprint density at radius 3 is 1.75 bits per heavy atom. The van der Waals surface area contributed by atoms with Crippen molar-refractivity contribution >= 4 is 107 Å². The van der Waals surface area contributed by atoms with E-state index in [0.717, 1.165) is 13.8 Å². The van der Waals surface area contributed by atoms with Gasteiger partial charge in [0.1, 0.15) is 40.8 Å². The highest BCUT2D eigenvalue weighted by Crippen LogP contribution is 2.31. The third-order valence-electron chi connectivity index (χ3n) is 12.6. The molecule has 2 aromatic carbocycles. The van der Waals surface area contributed by atoms with Gasteiger partial charge in [-0.2, -0.15) is 0 Å². The summed E-state index contributed by atoms with van der Waals surface area (Å²) in [5, 5.41) is 18.0. The Kier molecular flexibility index (Phi) is 30.4. The Morgan fingerprint density at radius 1 is 0.625 bits per heavy atom. The molecular formula is C63H90Cl3N9O21. The van der Waals surface area contributed by atoms with Crippen LogP contribution < -0.4 is 42.0 Å². The van der Waals surface area contributed by atoms with Crippen molar-refractivity contribution < 1.29 is 100 Å². The molecule has 0 saturated carbocycles. The first kappa shape index (κ1) is 80.4. The molecule has 0 radical (unpaired) electrons. The molecule has 2 aliphatic rings. The Morgan fingerprint density at radius 2 is 1.19 bits per heavy atom. The van der Waals surface area contributed by atoms with E-state index < -0.39 is 161 Å². The number of alkyl halides is 3. The Labute approximate surface area is 573 Å². The standard InChI is InChI=1S/C63H90Cl3N9O21/c1-36-44(70-53(80)72-49-45(71-55(82)87-35-63(64,65)66)47(90-38(3)77)42(34-86-49)89-37(2)76)48(92-50(79)40-22-17-16-18-23-40)46(69-52(73-56(83)94-60(7,8)9)74-57(84)95-61(10,11)12)51(88-36)91-41-27-24-39(25-28-41)26-29-43(78)67-31-21-33-75(58(85)96-62(13,14)15)32-20-19-30-68-54(81)93-59(4,5)6/h16-18,22-29,36,42,44-49,51H,19-21,30-35H2,1-15H3,(H,67,78)(H,68,81)(H,71,82)(H2,70,72,80)(H2,69,73,74,83,84)/b29-26+/t36-,42-,44-,45-,46-,47+,48+,49-,51-/m1/s1. The largest absolute Gasteiger partial charge is 0.462 e. The molecule has 2 fully saturated rings. The number of halogens is 3. The first-order chi connectivity index (χ1) is 44.5. The van der Waals surface area contributed by atoms with E-state index in [-0.39, 0.29) is 24.4 Å². The van der Waals surface area contributed by atoms with Crippen LogP contribution in [0.5, 0.6) is 5.75 Å². The number of aliphatic imine (C=N–C) groups is 1. The average Bonchev–Trinajstić information content (AvgIpc) is 0.786.